The fourth-order valence-electron chi connectivity index (χ4n) is 6.59. The van der Waals surface area contributed by atoms with Crippen molar-refractivity contribution in [3.8, 4) is 0 Å². The molecule has 2 saturated heterocycles. The van der Waals surface area contributed by atoms with Crippen molar-refractivity contribution in [2.24, 2.45) is 11.3 Å². The van der Waals surface area contributed by atoms with Crippen molar-refractivity contribution < 1.29 is 19.1 Å². The number of carbonyl (C=O) groups excluding carboxylic acids is 3. The minimum absolute atomic E-state index is 0.0225. The van der Waals surface area contributed by atoms with E-state index in [4.69, 9.17) is 4.74 Å². The van der Waals surface area contributed by atoms with E-state index in [-0.39, 0.29) is 29.7 Å². The van der Waals surface area contributed by atoms with Crippen LogP contribution in [-0.4, -0.2) is 67.6 Å². The number of rotatable bonds is 5. The van der Waals surface area contributed by atoms with Crippen LogP contribution in [0.2, 0.25) is 0 Å². The van der Waals surface area contributed by atoms with Gasteiger partial charge in [-0.2, -0.15) is 0 Å². The number of fused-ring (bicyclic) bond motifs is 1. The molecule has 3 amide bonds. The lowest BCUT2D eigenvalue weighted by Crippen LogP contribution is -2.58. The molecular formula is C34H44N4O4. The average Bonchev–Trinajstić information content (AvgIpc) is 2.98. The summed E-state index contributed by atoms with van der Waals surface area (Å²) in [6.45, 7) is 6.83. The molecule has 1 spiro atoms. The van der Waals surface area contributed by atoms with Crippen LogP contribution in [0.1, 0.15) is 48.8 Å². The molecule has 224 valence electrons. The van der Waals surface area contributed by atoms with Gasteiger partial charge in [0.2, 0.25) is 17.7 Å². The molecule has 3 atom stereocenters. The Bertz CT molecular complexity index is 1270. The molecule has 8 heteroatoms. The van der Waals surface area contributed by atoms with E-state index in [1.807, 2.05) is 62.4 Å². The van der Waals surface area contributed by atoms with Crippen LogP contribution >= 0.6 is 0 Å². The van der Waals surface area contributed by atoms with E-state index in [9.17, 15) is 14.4 Å². The van der Waals surface area contributed by atoms with Crippen molar-refractivity contribution in [3.63, 3.8) is 0 Å². The highest BCUT2D eigenvalue weighted by Crippen LogP contribution is 2.36. The third kappa shape index (κ3) is 7.28. The maximum Gasteiger partial charge on any atom is 0.243 e. The number of anilines is 1. The number of para-hydroxylation sites is 1. The monoisotopic (exact) mass is 572 g/mol. The maximum absolute atomic E-state index is 13.8. The van der Waals surface area contributed by atoms with Crippen molar-refractivity contribution in [3.05, 3.63) is 77.4 Å². The topological polar surface area (TPSA) is 99.8 Å². The lowest BCUT2D eigenvalue weighted by atomic mass is 9.75. The fraction of sp³-hybridized carbons (Fsp3) is 0.500. The van der Waals surface area contributed by atoms with E-state index in [1.54, 1.807) is 0 Å². The molecule has 3 aliphatic rings. The van der Waals surface area contributed by atoms with Crippen LogP contribution in [0.25, 0.3) is 0 Å². The summed E-state index contributed by atoms with van der Waals surface area (Å²) in [5.74, 6) is -0.0701. The van der Waals surface area contributed by atoms with Gasteiger partial charge in [-0.3, -0.25) is 19.3 Å². The number of allylic oxidation sites excluding steroid dienone is 2. The first-order valence-corrected chi connectivity index (χ1v) is 15.3. The third-order valence-electron chi connectivity index (χ3n) is 9.21. The summed E-state index contributed by atoms with van der Waals surface area (Å²) < 4.78 is 5.60. The summed E-state index contributed by atoms with van der Waals surface area (Å²) in [7, 11) is 0. The molecule has 8 nitrogen and oxygen atoms in total. The Morgan fingerprint density at radius 3 is 2.48 bits per heavy atom. The number of aryl methyl sites for hydroxylation is 2. The first-order valence-electron chi connectivity index (χ1n) is 15.3. The van der Waals surface area contributed by atoms with Crippen LogP contribution in [0, 0.1) is 25.2 Å². The fourth-order valence-corrected chi connectivity index (χ4v) is 6.59. The van der Waals surface area contributed by atoms with Gasteiger partial charge in [-0.1, -0.05) is 60.7 Å². The molecule has 0 bridgehead atoms. The lowest BCUT2D eigenvalue weighted by Gasteiger charge is -2.40. The molecule has 3 aliphatic heterocycles. The molecule has 0 radical (unpaired) electrons. The summed E-state index contributed by atoms with van der Waals surface area (Å²) in [4.78, 5) is 42.7. The molecule has 3 heterocycles. The Morgan fingerprint density at radius 2 is 1.74 bits per heavy atom. The minimum atomic E-state index is -0.662. The van der Waals surface area contributed by atoms with Crippen molar-refractivity contribution in [2.75, 3.05) is 38.2 Å². The van der Waals surface area contributed by atoms with Gasteiger partial charge in [0.1, 0.15) is 6.04 Å². The quantitative estimate of drug-likeness (QED) is 0.472. The second-order valence-corrected chi connectivity index (χ2v) is 12.2. The van der Waals surface area contributed by atoms with E-state index in [1.165, 1.54) is 0 Å². The molecule has 0 saturated carbocycles. The Hall–Kier alpha value is -3.49. The standard InChI is InChI=1S/C34H44N4O4/c1-24-9-8-10-25(2)31(24)37-30(39)23-38-18-14-28-27(22-38)13-6-7-15-34(16-19-42-20-17-34)33(41)36-29(32(40)35-28)21-26-11-4-3-5-12-26/h3-12,27-29H,13-23H2,1-2H3,(H,35,40)(H,36,41)(H,37,39)/b7-6+/t27-,28+,29-/m1/s1. The normalized spacial score (nSPS) is 25.7. The second-order valence-electron chi connectivity index (χ2n) is 12.2. The van der Waals surface area contributed by atoms with Gasteiger partial charge in [0.05, 0.1) is 12.0 Å². The van der Waals surface area contributed by atoms with E-state index in [0.717, 1.165) is 35.2 Å². The molecule has 0 unspecified atom stereocenters. The van der Waals surface area contributed by atoms with Gasteiger partial charge in [0.15, 0.2) is 0 Å². The van der Waals surface area contributed by atoms with E-state index < -0.39 is 11.5 Å². The van der Waals surface area contributed by atoms with Crippen LogP contribution in [-0.2, 0) is 25.5 Å². The number of nitrogens with zero attached hydrogens (tertiary/aromatic N) is 1. The number of likely N-dealkylation sites (tertiary alicyclic amines) is 1. The number of benzene rings is 2. The van der Waals surface area contributed by atoms with Gasteiger partial charge in [-0.05, 0) is 68.6 Å². The molecule has 42 heavy (non-hydrogen) atoms. The number of carbonyl (C=O) groups is 3. The third-order valence-corrected chi connectivity index (χ3v) is 9.21. The molecule has 2 aromatic carbocycles. The first kappa shape index (κ1) is 30.0. The smallest absolute Gasteiger partial charge is 0.243 e. The van der Waals surface area contributed by atoms with Crippen molar-refractivity contribution >= 4 is 23.4 Å². The average molecular weight is 573 g/mol. The van der Waals surface area contributed by atoms with Crippen LogP contribution < -0.4 is 16.0 Å². The summed E-state index contributed by atoms with van der Waals surface area (Å²) in [5, 5.41) is 9.57. The zero-order chi connectivity index (χ0) is 29.5. The number of piperidine rings is 1. The van der Waals surface area contributed by atoms with Gasteiger partial charge in [-0.15, -0.1) is 0 Å². The molecule has 2 fully saturated rings. The highest BCUT2D eigenvalue weighted by Gasteiger charge is 2.41. The molecule has 5 rings (SSSR count). The largest absolute Gasteiger partial charge is 0.381 e. The predicted octanol–water partition coefficient (Wildman–Crippen LogP) is 3.92. The van der Waals surface area contributed by atoms with Crippen molar-refractivity contribution in [1.82, 2.24) is 15.5 Å². The Morgan fingerprint density at radius 1 is 1.00 bits per heavy atom. The summed E-state index contributed by atoms with van der Waals surface area (Å²) >= 11 is 0. The second kappa shape index (κ2) is 13.7. The van der Waals surface area contributed by atoms with Crippen LogP contribution in [0.4, 0.5) is 5.69 Å². The number of amides is 3. The lowest BCUT2D eigenvalue weighted by molar-refractivity contribution is -0.140. The molecule has 0 aliphatic carbocycles. The Kier molecular flexibility index (Phi) is 9.75. The van der Waals surface area contributed by atoms with E-state index >= 15 is 0 Å². The van der Waals surface area contributed by atoms with E-state index in [0.29, 0.717) is 58.5 Å². The van der Waals surface area contributed by atoms with Crippen LogP contribution in [0.3, 0.4) is 0 Å². The Balaban J connectivity index is 1.32. The SMILES string of the molecule is Cc1cccc(C)c1NC(=O)CN1CC[C@@H]2NC(=O)[C@@H](Cc3ccccc3)NC(=O)C3(C/C=C/C[C@@H]2C1)CCOCC3. The Labute approximate surface area is 249 Å². The van der Waals surface area contributed by atoms with Gasteiger partial charge in [0.25, 0.3) is 0 Å². The van der Waals surface area contributed by atoms with Gasteiger partial charge < -0.3 is 20.7 Å². The van der Waals surface area contributed by atoms with E-state index in [2.05, 4.69) is 33.0 Å². The predicted molar refractivity (Wildman–Crippen MR) is 164 cm³/mol. The minimum Gasteiger partial charge on any atom is -0.381 e. The summed E-state index contributed by atoms with van der Waals surface area (Å²) in [6.07, 6.45) is 8.16. The molecule has 3 N–H and O–H groups in total. The molecular weight excluding hydrogens is 528 g/mol. The zero-order valence-corrected chi connectivity index (χ0v) is 24.9. The van der Waals surface area contributed by atoms with Crippen LogP contribution in [0.15, 0.2) is 60.7 Å². The molecule has 0 aromatic heterocycles. The number of nitrogens with one attached hydrogen (secondary N) is 3. The highest BCUT2D eigenvalue weighted by molar-refractivity contribution is 5.94. The summed E-state index contributed by atoms with van der Waals surface area (Å²) in [6, 6.07) is 15.2. The van der Waals surface area contributed by atoms with Crippen molar-refractivity contribution in [1.29, 1.82) is 0 Å². The number of ether oxygens (including phenoxy) is 1. The van der Waals surface area contributed by atoms with Gasteiger partial charge in [-0.25, -0.2) is 0 Å². The van der Waals surface area contributed by atoms with Gasteiger partial charge >= 0.3 is 0 Å². The van der Waals surface area contributed by atoms with Crippen LogP contribution in [0.5, 0.6) is 0 Å². The van der Waals surface area contributed by atoms with Gasteiger partial charge in [0, 0.05) is 44.5 Å². The van der Waals surface area contributed by atoms with Crippen molar-refractivity contribution in [2.45, 2.75) is 64.5 Å². The number of hydrogen-bond acceptors (Lipinski definition) is 5. The number of hydrogen-bond donors (Lipinski definition) is 3. The first-order chi connectivity index (χ1) is 20.3. The maximum atomic E-state index is 13.8. The summed E-state index contributed by atoms with van der Waals surface area (Å²) in [5.41, 5.74) is 3.41. The zero-order valence-electron chi connectivity index (χ0n) is 24.9. The molecule has 2 aromatic rings. The highest BCUT2D eigenvalue weighted by atomic mass is 16.5.